The smallest absolute Gasteiger partial charge is 0.254 e. The molecule has 0 atom stereocenters. The van der Waals surface area contributed by atoms with E-state index in [1.807, 2.05) is 20.2 Å². The second-order valence-electron chi connectivity index (χ2n) is 4.47. The molecule has 0 aromatic carbocycles. The Kier molecular flexibility index (Phi) is 3.27. The molecule has 0 aliphatic heterocycles. The number of aryl methyl sites for hydroxylation is 2. The Morgan fingerprint density at radius 3 is 2.88 bits per heavy atom. The highest BCUT2D eigenvalue weighted by atomic mass is 16.1. The van der Waals surface area contributed by atoms with Crippen molar-refractivity contribution in [3.8, 4) is 0 Å². The molecule has 0 radical (unpaired) electrons. The molecule has 1 N–H and O–H groups in total. The van der Waals surface area contributed by atoms with E-state index >= 15 is 0 Å². The minimum Gasteiger partial charge on any atom is -0.349 e. The molecule has 1 aromatic heterocycles. The van der Waals surface area contributed by atoms with E-state index in [4.69, 9.17) is 0 Å². The average Bonchev–Trinajstić information content (AvgIpc) is 2.86. The average molecular weight is 221 g/mol. The normalized spacial score (nSPS) is 16.6. The molecule has 4 nitrogen and oxygen atoms in total. The number of carbonyl (C=O) groups is 1. The molecule has 1 aliphatic rings. The third-order valence-electron chi connectivity index (χ3n) is 3.18. The van der Waals surface area contributed by atoms with E-state index in [1.165, 1.54) is 12.8 Å². The Morgan fingerprint density at radius 1 is 1.56 bits per heavy atom. The summed E-state index contributed by atoms with van der Waals surface area (Å²) in [7, 11) is 1.85. The van der Waals surface area contributed by atoms with Gasteiger partial charge in [0, 0.05) is 19.3 Å². The fraction of sp³-hybridized carbons (Fsp3) is 0.667. The van der Waals surface area contributed by atoms with Crippen molar-refractivity contribution in [2.75, 3.05) is 0 Å². The first-order valence-corrected chi connectivity index (χ1v) is 6.04. The molecule has 1 saturated carbocycles. The minimum absolute atomic E-state index is 0.0388. The molecule has 1 amide bonds. The molecule has 1 aliphatic carbocycles. The van der Waals surface area contributed by atoms with E-state index in [1.54, 1.807) is 4.68 Å². The van der Waals surface area contributed by atoms with Crippen molar-refractivity contribution in [1.29, 1.82) is 0 Å². The summed E-state index contributed by atoms with van der Waals surface area (Å²) >= 11 is 0. The van der Waals surface area contributed by atoms with Crippen molar-refractivity contribution in [3.63, 3.8) is 0 Å². The first kappa shape index (κ1) is 11.2. The van der Waals surface area contributed by atoms with Crippen LogP contribution in [0.5, 0.6) is 0 Å². The van der Waals surface area contributed by atoms with E-state index in [9.17, 15) is 4.79 Å². The van der Waals surface area contributed by atoms with Gasteiger partial charge in [-0.3, -0.25) is 9.48 Å². The van der Waals surface area contributed by atoms with Gasteiger partial charge in [0.25, 0.3) is 5.91 Å². The molecule has 1 heterocycles. The Bertz CT molecular complexity index is 378. The van der Waals surface area contributed by atoms with E-state index in [0.717, 1.165) is 30.5 Å². The lowest BCUT2D eigenvalue weighted by Crippen LogP contribution is -2.32. The highest BCUT2D eigenvalue weighted by Gasteiger charge is 2.20. The van der Waals surface area contributed by atoms with Gasteiger partial charge in [0.15, 0.2) is 0 Å². The van der Waals surface area contributed by atoms with Crippen LogP contribution in [-0.2, 0) is 13.5 Å². The number of rotatable bonds is 3. The van der Waals surface area contributed by atoms with Gasteiger partial charge in [-0.2, -0.15) is 5.10 Å². The van der Waals surface area contributed by atoms with Gasteiger partial charge in [-0.05, 0) is 19.3 Å². The molecule has 2 rings (SSSR count). The zero-order valence-electron chi connectivity index (χ0n) is 9.99. The Labute approximate surface area is 96.0 Å². The standard InChI is InChI=1S/C12H19N3O/c1-3-11-10(8-15(2)14-11)12(16)13-9-6-4-5-7-9/h8-9H,3-7H2,1-2H3,(H,13,16). The quantitative estimate of drug-likeness (QED) is 0.843. The van der Waals surface area contributed by atoms with Crippen molar-refractivity contribution in [2.24, 2.45) is 7.05 Å². The number of hydrogen-bond acceptors (Lipinski definition) is 2. The van der Waals surface area contributed by atoms with Crippen LogP contribution in [0.1, 0.15) is 48.7 Å². The fourth-order valence-electron chi connectivity index (χ4n) is 2.32. The summed E-state index contributed by atoms with van der Waals surface area (Å²) in [6.45, 7) is 2.02. The number of hydrogen-bond donors (Lipinski definition) is 1. The predicted molar refractivity (Wildman–Crippen MR) is 62.3 cm³/mol. The van der Waals surface area contributed by atoms with Gasteiger partial charge in [0.1, 0.15) is 0 Å². The summed E-state index contributed by atoms with van der Waals surface area (Å²) in [6, 6.07) is 0.373. The van der Waals surface area contributed by atoms with Crippen molar-refractivity contribution >= 4 is 5.91 Å². The fourth-order valence-corrected chi connectivity index (χ4v) is 2.32. The van der Waals surface area contributed by atoms with Crippen molar-refractivity contribution in [3.05, 3.63) is 17.5 Å². The molecule has 0 saturated heterocycles. The third-order valence-corrected chi connectivity index (χ3v) is 3.18. The molecule has 0 unspecified atom stereocenters. The van der Waals surface area contributed by atoms with E-state index in [2.05, 4.69) is 10.4 Å². The van der Waals surface area contributed by atoms with Crippen LogP contribution in [0, 0.1) is 0 Å². The lowest BCUT2D eigenvalue weighted by molar-refractivity contribution is 0.0937. The highest BCUT2D eigenvalue weighted by Crippen LogP contribution is 2.18. The van der Waals surface area contributed by atoms with Crippen molar-refractivity contribution in [2.45, 2.75) is 45.1 Å². The van der Waals surface area contributed by atoms with Crippen molar-refractivity contribution < 1.29 is 4.79 Å². The lowest BCUT2D eigenvalue weighted by Gasteiger charge is -2.11. The maximum Gasteiger partial charge on any atom is 0.254 e. The van der Waals surface area contributed by atoms with E-state index in [-0.39, 0.29) is 5.91 Å². The van der Waals surface area contributed by atoms with Crippen LogP contribution in [0.4, 0.5) is 0 Å². The molecule has 0 bridgehead atoms. The van der Waals surface area contributed by atoms with Crippen molar-refractivity contribution in [1.82, 2.24) is 15.1 Å². The van der Waals surface area contributed by atoms with Crippen LogP contribution in [0.15, 0.2) is 6.20 Å². The summed E-state index contributed by atoms with van der Waals surface area (Å²) in [5.74, 6) is 0.0388. The zero-order valence-corrected chi connectivity index (χ0v) is 9.99. The molecule has 16 heavy (non-hydrogen) atoms. The first-order valence-electron chi connectivity index (χ1n) is 6.04. The van der Waals surface area contributed by atoms with E-state index in [0.29, 0.717) is 6.04 Å². The third kappa shape index (κ3) is 2.26. The van der Waals surface area contributed by atoms with Crippen LogP contribution < -0.4 is 5.32 Å². The number of nitrogens with zero attached hydrogens (tertiary/aromatic N) is 2. The first-order chi connectivity index (χ1) is 7.70. The van der Waals surface area contributed by atoms with Gasteiger partial charge in [-0.1, -0.05) is 19.8 Å². The summed E-state index contributed by atoms with van der Waals surface area (Å²) in [4.78, 5) is 12.0. The number of carbonyl (C=O) groups excluding carboxylic acids is 1. The monoisotopic (exact) mass is 221 g/mol. The summed E-state index contributed by atoms with van der Waals surface area (Å²) in [6.07, 6.45) is 7.32. The molecule has 0 spiro atoms. The maximum atomic E-state index is 12.0. The summed E-state index contributed by atoms with van der Waals surface area (Å²) in [5, 5.41) is 7.37. The van der Waals surface area contributed by atoms with Gasteiger partial charge in [-0.15, -0.1) is 0 Å². The van der Waals surface area contributed by atoms with Gasteiger partial charge in [-0.25, -0.2) is 0 Å². The lowest BCUT2D eigenvalue weighted by atomic mass is 10.1. The molecule has 4 heteroatoms. The number of aromatic nitrogens is 2. The zero-order chi connectivity index (χ0) is 11.5. The van der Waals surface area contributed by atoms with Crippen LogP contribution in [0.25, 0.3) is 0 Å². The Hall–Kier alpha value is -1.32. The van der Waals surface area contributed by atoms with Gasteiger partial charge >= 0.3 is 0 Å². The summed E-state index contributed by atoms with van der Waals surface area (Å²) < 4.78 is 1.71. The van der Waals surface area contributed by atoms with Gasteiger partial charge in [0.2, 0.25) is 0 Å². The molecule has 1 aromatic rings. The summed E-state index contributed by atoms with van der Waals surface area (Å²) in [5.41, 5.74) is 1.62. The SMILES string of the molecule is CCc1nn(C)cc1C(=O)NC1CCCC1. The van der Waals surface area contributed by atoms with E-state index < -0.39 is 0 Å². The minimum atomic E-state index is 0.0388. The highest BCUT2D eigenvalue weighted by molar-refractivity contribution is 5.95. The topological polar surface area (TPSA) is 46.9 Å². The second-order valence-corrected chi connectivity index (χ2v) is 4.47. The Morgan fingerprint density at radius 2 is 2.25 bits per heavy atom. The van der Waals surface area contributed by atoms with Crippen LogP contribution in [0.2, 0.25) is 0 Å². The van der Waals surface area contributed by atoms with Gasteiger partial charge in [0.05, 0.1) is 11.3 Å². The van der Waals surface area contributed by atoms with Crippen LogP contribution >= 0.6 is 0 Å². The molecule has 1 fully saturated rings. The second kappa shape index (κ2) is 4.68. The number of nitrogens with one attached hydrogen (secondary N) is 1. The van der Waals surface area contributed by atoms with Crippen LogP contribution in [0.3, 0.4) is 0 Å². The van der Waals surface area contributed by atoms with Gasteiger partial charge < -0.3 is 5.32 Å². The predicted octanol–water partition coefficient (Wildman–Crippen LogP) is 1.65. The number of amides is 1. The molecular weight excluding hydrogens is 202 g/mol. The maximum absolute atomic E-state index is 12.0. The van der Waals surface area contributed by atoms with Crippen LogP contribution in [-0.4, -0.2) is 21.7 Å². The molecule has 88 valence electrons. The largest absolute Gasteiger partial charge is 0.349 e. The molecular formula is C12H19N3O. The Balaban J connectivity index is 2.07.